The molecule has 0 bridgehead atoms. The van der Waals surface area contributed by atoms with Gasteiger partial charge in [0.05, 0.1) is 17.1 Å². The van der Waals surface area contributed by atoms with Gasteiger partial charge in [0.1, 0.15) is 13.2 Å². The molecule has 4 aromatic rings. The second kappa shape index (κ2) is 9.38. The third-order valence-electron chi connectivity index (χ3n) is 5.87. The molecule has 1 N–H and O–H groups in total. The first-order valence-electron chi connectivity index (χ1n) is 11.4. The van der Waals surface area contributed by atoms with Crippen LogP contribution in [0.25, 0.3) is 5.69 Å². The van der Waals surface area contributed by atoms with Gasteiger partial charge in [-0.2, -0.15) is 0 Å². The first-order chi connectivity index (χ1) is 17.7. The standard InChI is InChI=1S/C26H21N5O4S/c32-23-14-30(19-11-5-4-10-18(19)27-23)24(33)16-36-26-29-28-25(31(26)17-8-2-1-3-9-17)22-15-34-20-12-6-7-13-21(20)35-22/h1-13,22H,14-16H2,(H,27,32). The number of nitrogens with one attached hydrogen (secondary N) is 1. The summed E-state index contributed by atoms with van der Waals surface area (Å²) in [5.74, 6) is 1.56. The fourth-order valence-corrected chi connectivity index (χ4v) is 5.04. The molecule has 1 unspecified atom stereocenters. The van der Waals surface area contributed by atoms with E-state index in [1.807, 2.05) is 77.4 Å². The summed E-state index contributed by atoms with van der Waals surface area (Å²) in [6.07, 6.45) is -0.477. The van der Waals surface area contributed by atoms with Crippen LogP contribution in [0.4, 0.5) is 11.4 Å². The van der Waals surface area contributed by atoms with Crippen molar-refractivity contribution in [1.82, 2.24) is 14.8 Å². The lowest BCUT2D eigenvalue weighted by molar-refractivity contribution is -0.120. The smallest absolute Gasteiger partial charge is 0.244 e. The molecule has 180 valence electrons. The summed E-state index contributed by atoms with van der Waals surface area (Å²) >= 11 is 1.26. The summed E-state index contributed by atoms with van der Waals surface area (Å²) in [6, 6.07) is 24.4. The molecule has 1 atom stereocenters. The van der Waals surface area contributed by atoms with Gasteiger partial charge >= 0.3 is 0 Å². The zero-order chi connectivity index (χ0) is 24.5. The van der Waals surface area contributed by atoms with Crippen molar-refractivity contribution < 1.29 is 19.1 Å². The number of hydrogen-bond donors (Lipinski definition) is 1. The summed E-state index contributed by atoms with van der Waals surface area (Å²) in [6.45, 7) is 0.255. The van der Waals surface area contributed by atoms with E-state index in [-0.39, 0.29) is 30.7 Å². The molecule has 0 fully saturated rings. The van der Waals surface area contributed by atoms with Gasteiger partial charge in [0, 0.05) is 5.69 Å². The van der Waals surface area contributed by atoms with Crippen LogP contribution in [0.3, 0.4) is 0 Å². The van der Waals surface area contributed by atoms with Crippen molar-refractivity contribution in [3.05, 3.63) is 84.7 Å². The number of rotatable bonds is 5. The summed E-state index contributed by atoms with van der Waals surface area (Å²) in [5, 5.41) is 12.2. The number of carbonyl (C=O) groups is 2. The lowest BCUT2D eigenvalue weighted by Gasteiger charge is -2.29. The van der Waals surface area contributed by atoms with E-state index in [1.54, 1.807) is 6.07 Å². The average Bonchev–Trinajstić information content (AvgIpc) is 3.35. The van der Waals surface area contributed by atoms with Crippen molar-refractivity contribution in [2.24, 2.45) is 0 Å². The number of ether oxygens (including phenoxy) is 2. The summed E-state index contributed by atoms with van der Waals surface area (Å²) in [5.41, 5.74) is 2.15. The Balaban J connectivity index is 1.27. The van der Waals surface area contributed by atoms with Gasteiger partial charge in [0.25, 0.3) is 0 Å². The van der Waals surface area contributed by atoms with Crippen molar-refractivity contribution in [3.8, 4) is 17.2 Å². The molecule has 0 radical (unpaired) electrons. The predicted molar refractivity (Wildman–Crippen MR) is 135 cm³/mol. The fourth-order valence-electron chi connectivity index (χ4n) is 4.21. The van der Waals surface area contributed by atoms with Crippen LogP contribution in [0, 0.1) is 0 Å². The molecule has 9 nitrogen and oxygen atoms in total. The molecule has 6 rings (SSSR count). The van der Waals surface area contributed by atoms with Gasteiger partial charge in [-0.15, -0.1) is 10.2 Å². The number of anilines is 2. The molecule has 10 heteroatoms. The normalized spacial score (nSPS) is 16.3. The van der Waals surface area contributed by atoms with Crippen LogP contribution in [-0.2, 0) is 9.59 Å². The lowest BCUT2D eigenvalue weighted by Crippen LogP contribution is -2.43. The highest BCUT2D eigenvalue weighted by Gasteiger charge is 2.31. The van der Waals surface area contributed by atoms with E-state index < -0.39 is 6.10 Å². The van der Waals surface area contributed by atoms with Crippen molar-refractivity contribution in [1.29, 1.82) is 0 Å². The highest BCUT2D eigenvalue weighted by molar-refractivity contribution is 7.99. The van der Waals surface area contributed by atoms with Gasteiger partial charge in [-0.05, 0) is 36.4 Å². The number of amides is 2. The van der Waals surface area contributed by atoms with Crippen LogP contribution < -0.4 is 19.7 Å². The minimum Gasteiger partial charge on any atom is -0.485 e. The van der Waals surface area contributed by atoms with Crippen LogP contribution in [-0.4, -0.2) is 45.5 Å². The average molecular weight is 500 g/mol. The highest BCUT2D eigenvalue weighted by Crippen LogP contribution is 2.37. The van der Waals surface area contributed by atoms with E-state index >= 15 is 0 Å². The first-order valence-corrected chi connectivity index (χ1v) is 12.4. The minimum atomic E-state index is -0.477. The van der Waals surface area contributed by atoms with Gasteiger partial charge in [-0.1, -0.05) is 54.2 Å². The second-order valence-corrected chi connectivity index (χ2v) is 9.15. The molecule has 0 saturated carbocycles. The SMILES string of the molecule is O=C1CN(C(=O)CSc2nnc(C3COc4ccccc4O3)n2-c2ccccc2)c2ccccc2N1. The van der Waals surface area contributed by atoms with Crippen LogP contribution >= 0.6 is 11.8 Å². The van der Waals surface area contributed by atoms with Gasteiger partial charge in [0.15, 0.2) is 28.6 Å². The van der Waals surface area contributed by atoms with Crippen LogP contribution in [0.1, 0.15) is 11.9 Å². The molecular formula is C26H21N5O4S. The van der Waals surface area contributed by atoms with Crippen molar-refractivity contribution >= 4 is 35.0 Å². The zero-order valence-corrected chi connectivity index (χ0v) is 19.9. The maximum atomic E-state index is 13.2. The molecule has 1 aromatic heterocycles. The van der Waals surface area contributed by atoms with E-state index in [9.17, 15) is 9.59 Å². The lowest BCUT2D eigenvalue weighted by atomic mass is 10.2. The number of para-hydroxylation sites is 5. The van der Waals surface area contributed by atoms with Gasteiger partial charge in [-0.3, -0.25) is 14.2 Å². The molecular weight excluding hydrogens is 478 g/mol. The Labute approximate surface area is 211 Å². The predicted octanol–water partition coefficient (Wildman–Crippen LogP) is 3.86. The van der Waals surface area contributed by atoms with Gasteiger partial charge in [0.2, 0.25) is 11.8 Å². The number of thioether (sulfide) groups is 1. The molecule has 3 aromatic carbocycles. The maximum absolute atomic E-state index is 13.2. The monoisotopic (exact) mass is 499 g/mol. The van der Waals surface area contributed by atoms with Crippen molar-refractivity contribution in [2.75, 3.05) is 29.1 Å². The number of nitrogens with zero attached hydrogens (tertiary/aromatic N) is 4. The van der Waals surface area contributed by atoms with Crippen LogP contribution in [0.5, 0.6) is 11.5 Å². The Bertz CT molecular complexity index is 1440. The number of fused-ring (bicyclic) bond motifs is 2. The second-order valence-electron chi connectivity index (χ2n) is 8.21. The van der Waals surface area contributed by atoms with Gasteiger partial charge < -0.3 is 19.7 Å². The van der Waals surface area contributed by atoms with Gasteiger partial charge in [-0.25, -0.2) is 0 Å². The van der Waals surface area contributed by atoms with Crippen LogP contribution in [0.2, 0.25) is 0 Å². The molecule has 3 heterocycles. The highest BCUT2D eigenvalue weighted by atomic mass is 32.2. The maximum Gasteiger partial charge on any atom is 0.244 e. The molecule has 0 saturated heterocycles. The summed E-state index contributed by atoms with van der Waals surface area (Å²) < 4.78 is 14.0. The quantitative estimate of drug-likeness (QED) is 0.417. The number of carbonyl (C=O) groups excluding carboxylic acids is 2. The van der Waals surface area contributed by atoms with Crippen LogP contribution in [0.15, 0.2) is 84.0 Å². The van der Waals surface area contributed by atoms with E-state index in [0.29, 0.717) is 33.9 Å². The Kier molecular flexibility index (Phi) is 5.78. The molecule has 2 aliphatic rings. The Morgan fingerprint density at radius 1 is 0.972 bits per heavy atom. The number of hydrogen-bond acceptors (Lipinski definition) is 7. The van der Waals surface area contributed by atoms with E-state index in [2.05, 4.69) is 15.5 Å². The molecule has 0 aliphatic carbocycles. The fraction of sp³-hybridized carbons (Fsp3) is 0.154. The number of aromatic nitrogens is 3. The third kappa shape index (κ3) is 4.16. The largest absolute Gasteiger partial charge is 0.485 e. The first kappa shape index (κ1) is 22.2. The minimum absolute atomic E-state index is 0.0281. The Morgan fingerprint density at radius 2 is 1.72 bits per heavy atom. The molecule has 36 heavy (non-hydrogen) atoms. The molecule has 2 amide bonds. The third-order valence-corrected chi connectivity index (χ3v) is 6.78. The number of benzene rings is 3. The van der Waals surface area contributed by atoms with Crippen molar-refractivity contribution in [3.63, 3.8) is 0 Å². The van der Waals surface area contributed by atoms with E-state index in [0.717, 1.165) is 5.69 Å². The zero-order valence-electron chi connectivity index (χ0n) is 19.0. The Hall–Kier alpha value is -4.31. The summed E-state index contributed by atoms with van der Waals surface area (Å²) in [4.78, 5) is 26.9. The summed E-state index contributed by atoms with van der Waals surface area (Å²) in [7, 11) is 0. The van der Waals surface area contributed by atoms with E-state index in [4.69, 9.17) is 9.47 Å². The molecule has 2 aliphatic heterocycles. The topological polar surface area (TPSA) is 98.6 Å². The van der Waals surface area contributed by atoms with Crippen molar-refractivity contribution in [2.45, 2.75) is 11.3 Å². The Morgan fingerprint density at radius 3 is 2.58 bits per heavy atom. The molecule has 0 spiro atoms. The van der Waals surface area contributed by atoms with E-state index in [1.165, 1.54) is 16.7 Å².